The van der Waals surface area contributed by atoms with E-state index in [4.69, 9.17) is 4.74 Å². The molecule has 1 aromatic rings. The summed E-state index contributed by atoms with van der Waals surface area (Å²) in [5.74, 6) is 0. The molecular weight excluding hydrogens is 264 g/mol. The van der Waals surface area contributed by atoms with E-state index >= 15 is 0 Å². The summed E-state index contributed by atoms with van der Waals surface area (Å²) in [6.07, 6.45) is 1.56. The van der Waals surface area contributed by atoms with Gasteiger partial charge in [0.15, 0.2) is 0 Å². The normalized spacial score (nSPS) is 14.2. The van der Waals surface area contributed by atoms with Crippen molar-refractivity contribution < 1.29 is 13.2 Å². The van der Waals surface area contributed by atoms with Crippen molar-refractivity contribution in [2.24, 2.45) is 0 Å². The van der Waals surface area contributed by atoms with Crippen molar-refractivity contribution in [3.05, 3.63) is 23.8 Å². The molecule has 0 fully saturated rings. The van der Waals surface area contributed by atoms with Crippen LogP contribution in [-0.2, 0) is 21.2 Å². The van der Waals surface area contributed by atoms with Gasteiger partial charge in [-0.05, 0) is 43.5 Å². The lowest BCUT2D eigenvalue weighted by atomic mass is 10.2. The number of anilines is 1. The molecule has 5 nitrogen and oxygen atoms in total. The highest BCUT2D eigenvalue weighted by atomic mass is 32.2. The molecule has 0 unspecified atom stereocenters. The number of rotatable bonds is 7. The van der Waals surface area contributed by atoms with E-state index in [1.54, 1.807) is 12.1 Å². The van der Waals surface area contributed by atoms with Gasteiger partial charge < -0.3 is 10.1 Å². The number of fused-ring (bicyclic) bond motifs is 1. The Morgan fingerprint density at radius 3 is 3.05 bits per heavy atom. The third-order valence-corrected chi connectivity index (χ3v) is 4.52. The Balaban J connectivity index is 1.95. The van der Waals surface area contributed by atoms with Crippen molar-refractivity contribution in [1.82, 2.24) is 4.72 Å². The Bertz CT molecular complexity index is 529. The smallest absolute Gasteiger partial charge is 0.240 e. The van der Waals surface area contributed by atoms with E-state index in [9.17, 15) is 8.42 Å². The second-order valence-corrected chi connectivity index (χ2v) is 6.21. The summed E-state index contributed by atoms with van der Waals surface area (Å²) < 4.78 is 32.0. The highest BCUT2D eigenvalue weighted by Crippen LogP contribution is 2.24. The van der Waals surface area contributed by atoms with Gasteiger partial charge in [0.2, 0.25) is 10.0 Å². The van der Waals surface area contributed by atoms with Crippen LogP contribution in [0, 0.1) is 0 Å². The van der Waals surface area contributed by atoms with Gasteiger partial charge in [0, 0.05) is 32.0 Å². The van der Waals surface area contributed by atoms with Crippen LogP contribution in [0.1, 0.15) is 18.9 Å². The van der Waals surface area contributed by atoms with Crippen LogP contribution in [-0.4, -0.2) is 34.7 Å². The number of hydrogen-bond acceptors (Lipinski definition) is 4. The summed E-state index contributed by atoms with van der Waals surface area (Å²) in [5, 5.41) is 3.21. The van der Waals surface area contributed by atoms with Crippen LogP contribution in [0.2, 0.25) is 0 Å². The van der Waals surface area contributed by atoms with Gasteiger partial charge in [0.1, 0.15) is 0 Å². The molecule has 2 rings (SSSR count). The summed E-state index contributed by atoms with van der Waals surface area (Å²) >= 11 is 0. The molecule has 1 aliphatic rings. The number of hydrogen-bond donors (Lipinski definition) is 2. The zero-order valence-corrected chi connectivity index (χ0v) is 11.9. The second-order valence-electron chi connectivity index (χ2n) is 4.44. The topological polar surface area (TPSA) is 67.4 Å². The van der Waals surface area contributed by atoms with Crippen molar-refractivity contribution in [3.63, 3.8) is 0 Å². The lowest BCUT2D eigenvalue weighted by molar-refractivity contribution is 0.146. The standard InChI is InChI=1S/C13H20N2O3S/c1-2-18-9-3-7-15-19(16,17)12-4-5-13-11(10-12)6-8-14-13/h4-5,10,14-15H,2-3,6-9H2,1H3. The van der Waals surface area contributed by atoms with Crippen LogP contribution in [0.5, 0.6) is 0 Å². The Hall–Kier alpha value is -1.11. The maximum atomic E-state index is 12.1. The van der Waals surface area contributed by atoms with E-state index in [2.05, 4.69) is 10.0 Å². The predicted octanol–water partition coefficient (Wildman–Crippen LogP) is 1.36. The van der Waals surface area contributed by atoms with Crippen molar-refractivity contribution in [2.75, 3.05) is 31.6 Å². The van der Waals surface area contributed by atoms with Gasteiger partial charge >= 0.3 is 0 Å². The summed E-state index contributed by atoms with van der Waals surface area (Å²) in [5.41, 5.74) is 2.10. The minimum absolute atomic E-state index is 0.339. The number of sulfonamides is 1. The fraction of sp³-hybridized carbons (Fsp3) is 0.538. The fourth-order valence-corrected chi connectivity index (χ4v) is 3.18. The molecule has 1 aliphatic heterocycles. The number of nitrogens with one attached hydrogen (secondary N) is 2. The van der Waals surface area contributed by atoms with Crippen LogP contribution in [0.3, 0.4) is 0 Å². The van der Waals surface area contributed by atoms with E-state index in [1.807, 2.05) is 13.0 Å². The molecule has 0 saturated carbocycles. The molecule has 106 valence electrons. The first-order valence-electron chi connectivity index (χ1n) is 6.57. The molecule has 0 saturated heterocycles. The third kappa shape index (κ3) is 3.68. The van der Waals surface area contributed by atoms with Crippen molar-refractivity contribution in [3.8, 4) is 0 Å². The zero-order chi connectivity index (χ0) is 13.7. The van der Waals surface area contributed by atoms with Gasteiger partial charge in [-0.3, -0.25) is 0 Å². The Labute approximate surface area is 114 Å². The zero-order valence-electron chi connectivity index (χ0n) is 11.1. The minimum atomic E-state index is -3.40. The van der Waals surface area contributed by atoms with E-state index in [0.717, 1.165) is 24.2 Å². The summed E-state index contributed by atoms with van der Waals surface area (Å²) in [7, 11) is -3.40. The Morgan fingerprint density at radius 2 is 2.26 bits per heavy atom. The molecule has 0 atom stereocenters. The molecule has 0 aliphatic carbocycles. The second kappa shape index (κ2) is 6.36. The fourth-order valence-electron chi connectivity index (χ4n) is 2.06. The first kappa shape index (κ1) is 14.3. The SMILES string of the molecule is CCOCCCNS(=O)(=O)c1ccc2c(c1)CCN2. The summed E-state index contributed by atoms with van der Waals surface area (Å²) in [6, 6.07) is 5.22. The maximum Gasteiger partial charge on any atom is 0.240 e. The van der Waals surface area contributed by atoms with Crippen molar-refractivity contribution in [2.45, 2.75) is 24.7 Å². The van der Waals surface area contributed by atoms with Gasteiger partial charge in [-0.1, -0.05) is 0 Å². The molecule has 1 heterocycles. The predicted molar refractivity (Wildman–Crippen MR) is 74.9 cm³/mol. The molecular formula is C13H20N2O3S. The third-order valence-electron chi connectivity index (χ3n) is 3.06. The van der Waals surface area contributed by atoms with Gasteiger partial charge in [-0.25, -0.2) is 13.1 Å². The minimum Gasteiger partial charge on any atom is -0.384 e. The first-order valence-corrected chi connectivity index (χ1v) is 8.06. The molecule has 6 heteroatoms. The van der Waals surface area contributed by atoms with Crippen LogP contribution >= 0.6 is 0 Å². The quantitative estimate of drug-likeness (QED) is 0.742. The van der Waals surface area contributed by atoms with Crippen molar-refractivity contribution >= 4 is 15.7 Å². The summed E-state index contributed by atoms with van der Waals surface area (Å²) in [4.78, 5) is 0.339. The van der Waals surface area contributed by atoms with Crippen LogP contribution in [0.25, 0.3) is 0 Å². The Morgan fingerprint density at radius 1 is 1.42 bits per heavy atom. The first-order chi connectivity index (χ1) is 9.13. The van der Waals surface area contributed by atoms with Crippen LogP contribution in [0.15, 0.2) is 23.1 Å². The van der Waals surface area contributed by atoms with E-state index in [-0.39, 0.29) is 0 Å². The average Bonchev–Trinajstić information content (AvgIpc) is 2.85. The van der Waals surface area contributed by atoms with Crippen LogP contribution < -0.4 is 10.0 Å². The molecule has 0 amide bonds. The molecule has 1 aromatic carbocycles. The maximum absolute atomic E-state index is 12.1. The molecule has 0 bridgehead atoms. The highest BCUT2D eigenvalue weighted by molar-refractivity contribution is 7.89. The van der Waals surface area contributed by atoms with Gasteiger partial charge in [-0.15, -0.1) is 0 Å². The van der Waals surface area contributed by atoms with E-state index in [1.165, 1.54) is 0 Å². The summed E-state index contributed by atoms with van der Waals surface area (Å²) in [6.45, 7) is 4.43. The lowest BCUT2D eigenvalue weighted by Gasteiger charge is -2.08. The number of benzene rings is 1. The van der Waals surface area contributed by atoms with Crippen LogP contribution in [0.4, 0.5) is 5.69 Å². The molecule has 0 aromatic heterocycles. The molecule has 0 radical (unpaired) electrons. The van der Waals surface area contributed by atoms with E-state index in [0.29, 0.717) is 31.1 Å². The Kier molecular flexibility index (Phi) is 4.79. The van der Waals surface area contributed by atoms with E-state index < -0.39 is 10.0 Å². The van der Waals surface area contributed by atoms with Gasteiger partial charge in [0.25, 0.3) is 0 Å². The average molecular weight is 284 g/mol. The van der Waals surface area contributed by atoms with Gasteiger partial charge in [-0.2, -0.15) is 0 Å². The monoisotopic (exact) mass is 284 g/mol. The number of ether oxygens (including phenoxy) is 1. The van der Waals surface area contributed by atoms with Crippen molar-refractivity contribution in [1.29, 1.82) is 0 Å². The van der Waals surface area contributed by atoms with Gasteiger partial charge in [0.05, 0.1) is 4.90 Å². The lowest BCUT2D eigenvalue weighted by Crippen LogP contribution is -2.25. The largest absolute Gasteiger partial charge is 0.384 e. The highest BCUT2D eigenvalue weighted by Gasteiger charge is 2.17. The molecule has 0 spiro atoms. The molecule has 19 heavy (non-hydrogen) atoms. The molecule has 2 N–H and O–H groups in total.